The maximum atomic E-state index is 14.3. The fourth-order valence-corrected chi connectivity index (χ4v) is 6.43. The summed E-state index contributed by atoms with van der Waals surface area (Å²) < 4.78 is 27.3. The van der Waals surface area contributed by atoms with Gasteiger partial charge in [0.1, 0.15) is 17.7 Å². The molecule has 204 valence electrons. The summed E-state index contributed by atoms with van der Waals surface area (Å²) in [7, 11) is 3.26. The van der Waals surface area contributed by atoms with Gasteiger partial charge >= 0.3 is 0 Å². The molecule has 7 heteroatoms. The first-order chi connectivity index (χ1) is 18.6. The average molecular weight is 522 g/mol. The van der Waals surface area contributed by atoms with E-state index in [1.54, 1.807) is 20.3 Å². The minimum absolute atomic E-state index is 0.0970. The molecule has 0 radical (unpaired) electrons. The van der Waals surface area contributed by atoms with Crippen LogP contribution in [0.25, 0.3) is 11.0 Å². The highest BCUT2D eigenvalue weighted by Crippen LogP contribution is 2.37. The maximum Gasteiger partial charge on any atom is 0.243 e. The van der Waals surface area contributed by atoms with E-state index in [2.05, 4.69) is 9.88 Å². The van der Waals surface area contributed by atoms with Gasteiger partial charge in [0, 0.05) is 18.5 Å². The first-order valence-electron chi connectivity index (χ1n) is 14.2. The average Bonchev–Trinajstić information content (AvgIpc) is 3.29. The van der Waals surface area contributed by atoms with Gasteiger partial charge in [0.2, 0.25) is 5.91 Å². The third-order valence-electron chi connectivity index (χ3n) is 8.40. The molecule has 1 N–H and O–H groups in total. The van der Waals surface area contributed by atoms with Crippen molar-refractivity contribution in [3.8, 4) is 11.5 Å². The van der Waals surface area contributed by atoms with E-state index in [1.165, 1.54) is 37.8 Å². The number of nitrogens with zero attached hydrogens (tertiary/aromatic N) is 2. The third-order valence-corrected chi connectivity index (χ3v) is 8.40. The standard InChI is InChI=1S/C31H40FN3O3/c1-37-27-17-13-21(19-28(27)38-2)14-18-29-34-25-20-23(32)15-16-26(25)35(29)30(22-9-5-3-6-10-22)31(36)33-24-11-7-4-8-12-24/h13,15-17,19-20,22,24,30H,3-12,14,18H2,1-2H3,(H,33,36). The molecule has 0 saturated heterocycles. The van der Waals surface area contributed by atoms with Gasteiger partial charge in [-0.05, 0) is 67.9 Å². The highest BCUT2D eigenvalue weighted by Gasteiger charge is 2.35. The number of amides is 1. The number of halogens is 1. The van der Waals surface area contributed by atoms with E-state index in [1.807, 2.05) is 18.2 Å². The second-order valence-electron chi connectivity index (χ2n) is 10.9. The van der Waals surface area contributed by atoms with Crippen LogP contribution < -0.4 is 14.8 Å². The molecule has 1 amide bonds. The number of carbonyl (C=O) groups is 1. The molecule has 1 heterocycles. The fraction of sp³-hybridized carbons (Fsp3) is 0.548. The van der Waals surface area contributed by atoms with Gasteiger partial charge in [0.25, 0.3) is 0 Å². The van der Waals surface area contributed by atoms with Gasteiger partial charge in [0.05, 0.1) is 25.3 Å². The summed E-state index contributed by atoms with van der Waals surface area (Å²) >= 11 is 0. The lowest BCUT2D eigenvalue weighted by Gasteiger charge is -2.33. The summed E-state index contributed by atoms with van der Waals surface area (Å²) in [5.41, 5.74) is 2.54. The van der Waals surface area contributed by atoms with Crippen molar-refractivity contribution in [3.05, 3.63) is 53.6 Å². The molecule has 0 aliphatic heterocycles. The quantitative estimate of drug-likeness (QED) is 0.347. The molecule has 2 aliphatic rings. The fourth-order valence-electron chi connectivity index (χ4n) is 6.43. The highest BCUT2D eigenvalue weighted by atomic mass is 19.1. The van der Waals surface area contributed by atoms with Crippen LogP contribution in [0.3, 0.4) is 0 Å². The molecule has 38 heavy (non-hydrogen) atoms. The Labute approximate surface area is 224 Å². The Balaban J connectivity index is 1.50. The Morgan fingerprint density at radius 3 is 2.37 bits per heavy atom. The van der Waals surface area contributed by atoms with E-state index in [4.69, 9.17) is 14.5 Å². The molecule has 5 rings (SSSR count). The molecule has 1 atom stereocenters. The van der Waals surface area contributed by atoms with Crippen LogP contribution in [0.2, 0.25) is 0 Å². The Bertz CT molecular complexity index is 1240. The zero-order valence-electron chi connectivity index (χ0n) is 22.7. The van der Waals surface area contributed by atoms with Crippen LogP contribution in [-0.2, 0) is 17.6 Å². The van der Waals surface area contributed by atoms with Crippen molar-refractivity contribution in [2.45, 2.75) is 89.1 Å². The van der Waals surface area contributed by atoms with Crippen molar-refractivity contribution < 1.29 is 18.7 Å². The second-order valence-corrected chi connectivity index (χ2v) is 10.9. The van der Waals surface area contributed by atoms with Crippen LogP contribution >= 0.6 is 0 Å². The predicted molar refractivity (Wildman–Crippen MR) is 147 cm³/mol. The van der Waals surface area contributed by atoms with Crippen LogP contribution in [0, 0.1) is 11.7 Å². The van der Waals surface area contributed by atoms with Crippen LogP contribution in [0.1, 0.15) is 81.6 Å². The molecule has 0 bridgehead atoms. The van der Waals surface area contributed by atoms with Gasteiger partial charge in [-0.25, -0.2) is 9.37 Å². The van der Waals surface area contributed by atoms with Crippen LogP contribution in [0.4, 0.5) is 4.39 Å². The number of nitrogens with one attached hydrogen (secondary N) is 1. The summed E-state index contributed by atoms with van der Waals surface area (Å²) in [4.78, 5) is 18.9. The van der Waals surface area contributed by atoms with Crippen molar-refractivity contribution >= 4 is 16.9 Å². The van der Waals surface area contributed by atoms with Crippen molar-refractivity contribution in [3.63, 3.8) is 0 Å². The normalized spacial score (nSPS) is 17.9. The number of rotatable bonds is 9. The molecule has 1 aromatic heterocycles. The van der Waals surface area contributed by atoms with Crippen LogP contribution in [0.5, 0.6) is 11.5 Å². The lowest BCUT2D eigenvalue weighted by molar-refractivity contribution is -0.127. The Kier molecular flexibility index (Phi) is 8.50. The third kappa shape index (κ3) is 5.82. The monoisotopic (exact) mass is 521 g/mol. The zero-order valence-corrected chi connectivity index (χ0v) is 22.7. The Morgan fingerprint density at radius 2 is 1.66 bits per heavy atom. The molecule has 2 aromatic carbocycles. The number of aromatic nitrogens is 2. The Hall–Kier alpha value is -3.09. The van der Waals surface area contributed by atoms with E-state index >= 15 is 0 Å². The SMILES string of the molecule is COc1ccc(CCc2nc3cc(F)ccc3n2C(C(=O)NC2CCCCC2)C2CCCCC2)cc1OC. The van der Waals surface area contributed by atoms with E-state index in [9.17, 15) is 9.18 Å². The molecular weight excluding hydrogens is 481 g/mol. The lowest BCUT2D eigenvalue weighted by Crippen LogP contribution is -2.43. The number of methoxy groups -OCH3 is 2. The van der Waals surface area contributed by atoms with Gasteiger partial charge in [-0.15, -0.1) is 0 Å². The van der Waals surface area contributed by atoms with E-state index < -0.39 is 0 Å². The summed E-state index contributed by atoms with van der Waals surface area (Å²) in [6.45, 7) is 0. The molecule has 0 spiro atoms. The van der Waals surface area contributed by atoms with Gasteiger partial charge in [-0.1, -0.05) is 44.6 Å². The first-order valence-corrected chi connectivity index (χ1v) is 14.2. The first kappa shape index (κ1) is 26.5. The van der Waals surface area contributed by atoms with Crippen LogP contribution in [0.15, 0.2) is 36.4 Å². The largest absolute Gasteiger partial charge is 0.493 e. The van der Waals surface area contributed by atoms with E-state index in [-0.39, 0.29) is 29.7 Å². The van der Waals surface area contributed by atoms with Gasteiger partial charge < -0.3 is 19.4 Å². The molecular formula is C31H40FN3O3. The number of carbonyl (C=O) groups excluding carboxylic acids is 1. The minimum Gasteiger partial charge on any atom is -0.493 e. The van der Waals surface area contributed by atoms with Crippen molar-refractivity contribution in [2.24, 2.45) is 5.92 Å². The number of hydrogen-bond donors (Lipinski definition) is 1. The zero-order chi connectivity index (χ0) is 26.5. The summed E-state index contributed by atoms with van der Waals surface area (Å²) in [5.74, 6) is 2.24. The van der Waals surface area contributed by atoms with Crippen LogP contribution in [-0.4, -0.2) is 35.7 Å². The summed E-state index contributed by atoms with van der Waals surface area (Å²) in [5, 5.41) is 3.42. The van der Waals surface area contributed by atoms with E-state index in [0.717, 1.165) is 55.4 Å². The number of benzene rings is 2. The van der Waals surface area contributed by atoms with Gasteiger partial charge in [-0.2, -0.15) is 0 Å². The number of ether oxygens (including phenoxy) is 2. The van der Waals surface area contributed by atoms with E-state index in [0.29, 0.717) is 29.9 Å². The molecule has 6 nitrogen and oxygen atoms in total. The smallest absolute Gasteiger partial charge is 0.243 e. The highest BCUT2D eigenvalue weighted by molar-refractivity contribution is 5.85. The maximum absolute atomic E-state index is 14.3. The van der Waals surface area contributed by atoms with Gasteiger partial charge in [0.15, 0.2) is 11.5 Å². The minimum atomic E-state index is -0.340. The lowest BCUT2D eigenvalue weighted by atomic mass is 9.82. The summed E-state index contributed by atoms with van der Waals surface area (Å²) in [6.07, 6.45) is 12.6. The molecule has 2 aliphatic carbocycles. The topological polar surface area (TPSA) is 65.4 Å². The van der Waals surface area contributed by atoms with Crippen molar-refractivity contribution in [1.29, 1.82) is 0 Å². The number of imidazole rings is 1. The molecule has 1 unspecified atom stereocenters. The molecule has 2 fully saturated rings. The number of hydrogen-bond acceptors (Lipinski definition) is 4. The Morgan fingerprint density at radius 1 is 0.947 bits per heavy atom. The van der Waals surface area contributed by atoms with Gasteiger partial charge in [-0.3, -0.25) is 4.79 Å². The number of aryl methyl sites for hydroxylation is 2. The predicted octanol–water partition coefficient (Wildman–Crippen LogP) is 6.55. The summed E-state index contributed by atoms with van der Waals surface area (Å²) in [6, 6.07) is 10.6. The molecule has 3 aromatic rings. The number of fused-ring (bicyclic) bond motifs is 1. The van der Waals surface area contributed by atoms with Crippen molar-refractivity contribution in [1.82, 2.24) is 14.9 Å². The van der Waals surface area contributed by atoms with Crippen molar-refractivity contribution in [2.75, 3.05) is 14.2 Å². The second kappa shape index (κ2) is 12.2. The molecule has 2 saturated carbocycles.